The van der Waals surface area contributed by atoms with Gasteiger partial charge >= 0.3 is 6.18 Å². The molecule has 112 valence electrons. The highest BCUT2D eigenvalue weighted by Gasteiger charge is 2.40. The Labute approximate surface area is 117 Å². The first-order valence-corrected chi connectivity index (χ1v) is 7.12. The van der Waals surface area contributed by atoms with Crippen LogP contribution in [0.4, 0.5) is 18.9 Å². The predicted octanol–water partition coefficient (Wildman–Crippen LogP) is 3.84. The maximum absolute atomic E-state index is 13.2. The minimum atomic E-state index is -4.24. The summed E-state index contributed by atoms with van der Waals surface area (Å²) in [5, 5.41) is 3.09. The van der Waals surface area contributed by atoms with Crippen molar-refractivity contribution >= 4 is 5.69 Å². The Bertz CT molecular complexity index is 408. The topological polar surface area (TPSA) is 38.0 Å². The highest BCUT2D eigenvalue weighted by atomic mass is 19.4. The zero-order valence-electron chi connectivity index (χ0n) is 11.4. The van der Waals surface area contributed by atoms with Gasteiger partial charge in [0, 0.05) is 18.3 Å². The molecule has 0 aromatic heterocycles. The van der Waals surface area contributed by atoms with Crippen LogP contribution in [0.1, 0.15) is 43.6 Å². The minimum Gasteiger partial charge on any atom is -0.399 e. The summed E-state index contributed by atoms with van der Waals surface area (Å²) in [6, 6.07) is 6.21. The number of anilines is 1. The summed E-state index contributed by atoms with van der Waals surface area (Å²) in [4.78, 5) is 0. The zero-order chi connectivity index (χ0) is 14.6. The molecule has 1 fully saturated rings. The van der Waals surface area contributed by atoms with E-state index in [1.54, 1.807) is 0 Å². The van der Waals surface area contributed by atoms with Crippen LogP contribution in [0.2, 0.25) is 0 Å². The molecule has 1 atom stereocenters. The number of rotatable bonds is 4. The van der Waals surface area contributed by atoms with Crippen molar-refractivity contribution in [1.29, 1.82) is 0 Å². The van der Waals surface area contributed by atoms with E-state index in [1.165, 1.54) is 30.7 Å². The van der Waals surface area contributed by atoms with Gasteiger partial charge in [-0.25, -0.2) is 0 Å². The van der Waals surface area contributed by atoms with Crippen LogP contribution < -0.4 is 11.1 Å². The van der Waals surface area contributed by atoms with Gasteiger partial charge in [-0.1, -0.05) is 31.4 Å². The van der Waals surface area contributed by atoms with Crippen LogP contribution in [-0.4, -0.2) is 18.8 Å². The molecule has 0 amide bonds. The summed E-state index contributed by atoms with van der Waals surface area (Å²) in [7, 11) is 0. The summed E-state index contributed by atoms with van der Waals surface area (Å²) in [6.45, 7) is -0.0575. The van der Waals surface area contributed by atoms with E-state index in [9.17, 15) is 13.2 Å². The molecule has 0 heterocycles. The Morgan fingerprint density at radius 1 is 1.10 bits per heavy atom. The lowest BCUT2D eigenvalue weighted by Gasteiger charge is -2.27. The molecule has 20 heavy (non-hydrogen) atoms. The Hall–Kier alpha value is -1.23. The molecule has 1 aliphatic carbocycles. The molecule has 1 aromatic carbocycles. The highest BCUT2D eigenvalue weighted by molar-refractivity contribution is 5.40. The Balaban J connectivity index is 2.02. The lowest BCUT2D eigenvalue weighted by Crippen LogP contribution is -2.38. The second kappa shape index (κ2) is 6.48. The third-order valence-electron chi connectivity index (χ3n) is 3.95. The second-order valence-corrected chi connectivity index (χ2v) is 5.50. The van der Waals surface area contributed by atoms with Crippen LogP contribution in [0.15, 0.2) is 24.3 Å². The fourth-order valence-corrected chi connectivity index (χ4v) is 2.74. The molecule has 1 aliphatic rings. The van der Waals surface area contributed by atoms with Gasteiger partial charge in [0.15, 0.2) is 0 Å². The molecule has 0 saturated heterocycles. The second-order valence-electron chi connectivity index (χ2n) is 5.50. The van der Waals surface area contributed by atoms with Crippen LogP contribution in [0.25, 0.3) is 0 Å². The van der Waals surface area contributed by atoms with Gasteiger partial charge in [-0.2, -0.15) is 13.2 Å². The maximum Gasteiger partial charge on any atom is 0.396 e. The maximum atomic E-state index is 13.2. The Kier molecular flexibility index (Phi) is 4.91. The van der Waals surface area contributed by atoms with Crippen molar-refractivity contribution in [3.63, 3.8) is 0 Å². The molecule has 2 rings (SSSR count). The number of hydrogen-bond acceptors (Lipinski definition) is 2. The van der Waals surface area contributed by atoms with Crippen molar-refractivity contribution < 1.29 is 13.2 Å². The van der Waals surface area contributed by atoms with Gasteiger partial charge < -0.3 is 11.1 Å². The number of nitrogens with one attached hydrogen (secondary N) is 1. The number of nitrogen functional groups attached to an aromatic ring is 1. The summed E-state index contributed by atoms with van der Waals surface area (Å²) in [5.74, 6) is -1.47. The quantitative estimate of drug-likeness (QED) is 0.825. The van der Waals surface area contributed by atoms with Crippen LogP contribution in [0, 0.1) is 0 Å². The van der Waals surface area contributed by atoms with Crippen molar-refractivity contribution in [3.8, 4) is 0 Å². The number of nitrogens with two attached hydrogens (primary N) is 1. The molecule has 0 spiro atoms. The molecule has 0 aliphatic heterocycles. The van der Waals surface area contributed by atoms with Gasteiger partial charge in [0.25, 0.3) is 0 Å². The van der Waals surface area contributed by atoms with E-state index >= 15 is 0 Å². The number of hydrogen-bond donors (Lipinski definition) is 2. The lowest BCUT2D eigenvalue weighted by molar-refractivity contribution is -0.149. The van der Waals surface area contributed by atoms with Gasteiger partial charge in [0.05, 0.1) is 5.92 Å². The Morgan fingerprint density at radius 2 is 1.70 bits per heavy atom. The summed E-state index contributed by atoms with van der Waals surface area (Å²) in [6.07, 6.45) is 1.13. The molecular weight excluding hydrogens is 265 g/mol. The highest BCUT2D eigenvalue weighted by Crippen LogP contribution is 2.35. The van der Waals surface area contributed by atoms with Crippen molar-refractivity contribution in [2.75, 3.05) is 12.3 Å². The monoisotopic (exact) mass is 286 g/mol. The zero-order valence-corrected chi connectivity index (χ0v) is 11.4. The third-order valence-corrected chi connectivity index (χ3v) is 3.95. The van der Waals surface area contributed by atoms with E-state index in [0.29, 0.717) is 5.69 Å². The third kappa shape index (κ3) is 4.13. The first kappa shape index (κ1) is 15.2. The van der Waals surface area contributed by atoms with Gasteiger partial charge in [-0.3, -0.25) is 0 Å². The average molecular weight is 286 g/mol. The van der Waals surface area contributed by atoms with Gasteiger partial charge in [-0.15, -0.1) is 0 Å². The number of halogens is 3. The SMILES string of the molecule is Nc1ccc(C(CNC2CCCCC2)C(F)(F)F)cc1. The summed E-state index contributed by atoms with van der Waals surface area (Å²) >= 11 is 0. The molecule has 1 unspecified atom stereocenters. The van der Waals surface area contributed by atoms with E-state index < -0.39 is 12.1 Å². The normalized spacial score (nSPS) is 18.9. The number of benzene rings is 1. The largest absolute Gasteiger partial charge is 0.399 e. The van der Waals surface area contributed by atoms with E-state index in [1.807, 2.05) is 0 Å². The van der Waals surface area contributed by atoms with E-state index in [2.05, 4.69) is 5.32 Å². The van der Waals surface area contributed by atoms with Crippen molar-refractivity contribution in [2.24, 2.45) is 0 Å². The average Bonchev–Trinajstić information content (AvgIpc) is 2.41. The molecule has 1 aromatic rings. The molecule has 2 nitrogen and oxygen atoms in total. The first-order valence-electron chi connectivity index (χ1n) is 7.12. The fourth-order valence-electron chi connectivity index (χ4n) is 2.74. The van der Waals surface area contributed by atoms with Crippen LogP contribution in [-0.2, 0) is 0 Å². The standard InChI is InChI=1S/C15H21F3N2/c16-15(17,18)14(11-6-8-12(19)9-7-11)10-20-13-4-2-1-3-5-13/h6-9,13-14,20H,1-5,10,19H2. The van der Waals surface area contributed by atoms with Gasteiger partial charge in [0.2, 0.25) is 0 Å². The van der Waals surface area contributed by atoms with Crippen LogP contribution in [0.3, 0.4) is 0 Å². The van der Waals surface area contributed by atoms with Crippen molar-refractivity contribution in [3.05, 3.63) is 29.8 Å². The van der Waals surface area contributed by atoms with E-state index in [0.717, 1.165) is 25.7 Å². The summed E-state index contributed by atoms with van der Waals surface area (Å²) in [5.41, 5.74) is 6.28. The first-order chi connectivity index (χ1) is 9.47. The molecule has 0 bridgehead atoms. The number of alkyl halides is 3. The molecule has 5 heteroatoms. The molecule has 1 saturated carbocycles. The predicted molar refractivity (Wildman–Crippen MR) is 74.5 cm³/mol. The molecule has 3 N–H and O–H groups in total. The van der Waals surface area contributed by atoms with E-state index in [4.69, 9.17) is 5.73 Å². The van der Waals surface area contributed by atoms with Crippen LogP contribution in [0.5, 0.6) is 0 Å². The molecule has 0 radical (unpaired) electrons. The van der Waals surface area contributed by atoms with Crippen molar-refractivity contribution in [2.45, 2.75) is 50.2 Å². The van der Waals surface area contributed by atoms with Crippen molar-refractivity contribution in [1.82, 2.24) is 5.32 Å². The Morgan fingerprint density at radius 3 is 2.25 bits per heavy atom. The van der Waals surface area contributed by atoms with Gasteiger partial charge in [-0.05, 0) is 30.5 Å². The smallest absolute Gasteiger partial charge is 0.396 e. The van der Waals surface area contributed by atoms with Crippen LogP contribution >= 0.6 is 0 Å². The molecular formula is C15H21F3N2. The lowest BCUT2D eigenvalue weighted by atomic mass is 9.93. The van der Waals surface area contributed by atoms with E-state index in [-0.39, 0.29) is 18.2 Å². The fraction of sp³-hybridized carbons (Fsp3) is 0.600. The van der Waals surface area contributed by atoms with Gasteiger partial charge in [0.1, 0.15) is 0 Å². The minimum absolute atomic E-state index is 0.0575. The summed E-state index contributed by atoms with van der Waals surface area (Å²) < 4.78 is 39.6.